The van der Waals surface area contributed by atoms with Gasteiger partial charge in [0.1, 0.15) is 5.82 Å². The Kier molecular flexibility index (Phi) is 10.5. The van der Waals surface area contributed by atoms with Crippen molar-refractivity contribution in [2.24, 2.45) is 0 Å². The number of rotatable bonds is 6. The van der Waals surface area contributed by atoms with Crippen LogP contribution in [0.25, 0.3) is 55.1 Å². The van der Waals surface area contributed by atoms with Gasteiger partial charge in [0.15, 0.2) is 0 Å². The van der Waals surface area contributed by atoms with E-state index in [0.717, 1.165) is 55.7 Å². The number of hydrogen-bond donors (Lipinski definition) is 0. The van der Waals surface area contributed by atoms with Crippen LogP contribution in [0, 0.1) is 18.8 Å². The van der Waals surface area contributed by atoms with Gasteiger partial charge in [-0.05, 0) is 93.2 Å². The van der Waals surface area contributed by atoms with Crippen molar-refractivity contribution in [1.82, 2.24) is 14.1 Å². The van der Waals surface area contributed by atoms with Crippen molar-refractivity contribution in [2.45, 2.75) is 78.6 Å². The van der Waals surface area contributed by atoms with E-state index in [4.69, 9.17) is 9.72 Å². The first-order chi connectivity index (χ1) is 29.6. The molecule has 4 heterocycles. The van der Waals surface area contributed by atoms with Crippen LogP contribution in [0.2, 0.25) is 0 Å². The molecule has 9 aromatic rings. The fourth-order valence-electron chi connectivity index (χ4n) is 8.61. The van der Waals surface area contributed by atoms with Gasteiger partial charge >= 0.3 is 0 Å². The molecule has 7 heteroatoms. The molecule has 0 saturated carbocycles. The van der Waals surface area contributed by atoms with Crippen LogP contribution in [-0.4, -0.2) is 14.1 Å². The van der Waals surface area contributed by atoms with Gasteiger partial charge < -0.3 is 23.7 Å². The van der Waals surface area contributed by atoms with Crippen LogP contribution in [0.1, 0.15) is 79.0 Å². The normalized spacial score (nSPS) is 13.5. The third-order valence-electron chi connectivity index (χ3n) is 12.1. The second-order valence-corrected chi connectivity index (χ2v) is 19.6. The summed E-state index contributed by atoms with van der Waals surface area (Å²) in [6.45, 7) is 22.5. The Morgan fingerprint density at radius 2 is 1.05 bits per heavy atom. The summed E-state index contributed by atoms with van der Waals surface area (Å²) in [6.07, 6.45) is 6.13. The number of hydrogen-bond acceptors (Lipinski definition) is 4. The summed E-state index contributed by atoms with van der Waals surface area (Å²) in [4.78, 5) is 9.22. The molecule has 0 unspecified atom stereocenters. The predicted molar refractivity (Wildman–Crippen MR) is 258 cm³/mol. The van der Waals surface area contributed by atoms with Crippen molar-refractivity contribution in [3.63, 3.8) is 0 Å². The summed E-state index contributed by atoms with van der Waals surface area (Å²) in [5.74, 6) is 2.02. The van der Waals surface area contributed by atoms with Crippen molar-refractivity contribution in [3.05, 3.63) is 181 Å². The van der Waals surface area contributed by atoms with E-state index < -0.39 is 0 Å². The summed E-state index contributed by atoms with van der Waals surface area (Å²) >= 11 is 0. The smallest absolute Gasteiger partial charge is 0.135 e. The standard InChI is InChI=1S/C56H52N5O.Pt/c1-54(2,3)37-24-25-57-53(31-37)61-51-21-15-12-18-47(51)48-23-22-43(35-52(48)61)62-44-33-41(32-42(34-44)60-49-19-13-10-16-45(49)46-17-11-14-20-50(46)60)59-27-26-58(36-59)40-29-38(55(4,5)6)28-39(30-40)56(7,8)9;/h10-32,34,36H,1-9H3;/q-3;. The molecule has 10 rings (SSSR count). The van der Waals surface area contributed by atoms with E-state index in [-0.39, 0.29) is 37.3 Å². The van der Waals surface area contributed by atoms with E-state index in [0.29, 0.717) is 11.5 Å². The number of aromatic nitrogens is 3. The maximum absolute atomic E-state index is 6.90. The summed E-state index contributed by atoms with van der Waals surface area (Å²) in [7, 11) is 0. The average molecular weight is 1010 g/mol. The first kappa shape index (κ1) is 42.2. The van der Waals surface area contributed by atoms with Gasteiger partial charge in [0.05, 0.1) is 11.0 Å². The van der Waals surface area contributed by atoms with Crippen molar-refractivity contribution in [2.75, 3.05) is 9.80 Å². The molecule has 1 aliphatic heterocycles. The third-order valence-corrected chi connectivity index (χ3v) is 12.1. The Bertz CT molecular complexity index is 3140. The van der Waals surface area contributed by atoms with Gasteiger partial charge in [-0.2, -0.15) is 6.07 Å². The molecule has 320 valence electrons. The van der Waals surface area contributed by atoms with Crippen LogP contribution in [0.4, 0.5) is 11.4 Å². The fraction of sp³-hybridized carbons (Fsp3) is 0.214. The maximum Gasteiger partial charge on any atom is 0.135 e. The number of ether oxygens (including phenoxy) is 1. The second-order valence-electron chi connectivity index (χ2n) is 19.6. The van der Waals surface area contributed by atoms with Crippen molar-refractivity contribution < 1.29 is 25.8 Å². The number of pyridine rings is 1. The molecular formula is C56H52N5OPt-3. The molecule has 0 N–H and O–H groups in total. The summed E-state index contributed by atoms with van der Waals surface area (Å²) in [5.41, 5.74) is 10.9. The van der Waals surface area contributed by atoms with Crippen LogP contribution in [0.15, 0.2) is 146 Å². The van der Waals surface area contributed by atoms with Crippen molar-refractivity contribution in [1.29, 1.82) is 0 Å². The molecule has 3 aromatic heterocycles. The van der Waals surface area contributed by atoms with Gasteiger partial charge in [-0.15, -0.1) is 42.4 Å². The van der Waals surface area contributed by atoms with Gasteiger partial charge in [0.2, 0.25) is 0 Å². The molecular weight excluding hydrogens is 954 g/mol. The first-order valence-corrected chi connectivity index (χ1v) is 21.5. The molecule has 0 spiro atoms. The Balaban J connectivity index is 0.00000504. The van der Waals surface area contributed by atoms with Crippen LogP contribution >= 0.6 is 0 Å². The van der Waals surface area contributed by atoms with Crippen LogP contribution < -0.4 is 14.5 Å². The molecule has 1 aliphatic rings. The van der Waals surface area contributed by atoms with E-state index in [1.54, 1.807) is 0 Å². The van der Waals surface area contributed by atoms with Crippen molar-refractivity contribution in [3.8, 4) is 23.0 Å². The van der Waals surface area contributed by atoms with Gasteiger partial charge in [-0.25, -0.2) is 4.98 Å². The molecule has 0 radical (unpaired) electrons. The van der Waals surface area contributed by atoms with E-state index in [1.165, 1.54) is 27.5 Å². The summed E-state index contributed by atoms with van der Waals surface area (Å²) in [6, 6.07) is 52.7. The monoisotopic (exact) mass is 1010 g/mol. The zero-order valence-electron chi connectivity index (χ0n) is 37.4. The number of anilines is 2. The number of nitrogens with zero attached hydrogens (tertiary/aromatic N) is 5. The minimum atomic E-state index is -0.0335. The molecule has 0 saturated heterocycles. The minimum absolute atomic E-state index is 0. The molecule has 0 atom stereocenters. The number of fused-ring (bicyclic) bond motifs is 6. The Labute approximate surface area is 385 Å². The van der Waals surface area contributed by atoms with Gasteiger partial charge in [0, 0.05) is 60.7 Å². The maximum atomic E-state index is 6.90. The number of benzene rings is 6. The van der Waals surface area contributed by atoms with E-state index >= 15 is 0 Å². The van der Waals surface area contributed by atoms with Crippen molar-refractivity contribution >= 4 is 55.0 Å². The largest absolute Gasteiger partial charge is 0.509 e. The number of para-hydroxylation sites is 3. The Morgan fingerprint density at radius 1 is 0.492 bits per heavy atom. The first-order valence-electron chi connectivity index (χ1n) is 21.5. The molecule has 0 amide bonds. The van der Waals surface area contributed by atoms with Crippen LogP contribution in [-0.2, 0) is 37.3 Å². The minimum Gasteiger partial charge on any atom is -0.509 e. The Hall–Kier alpha value is -6.10. The average Bonchev–Trinajstić information content (AvgIpc) is 3.96. The molecule has 63 heavy (non-hydrogen) atoms. The molecule has 0 bridgehead atoms. The molecule has 0 aliphatic carbocycles. The SMILES string of the molecule is CC(C)(C)c1cc(N2C=CN(c3[c-]c(Oc4[c-]c5c(cc4)c4ccccc4n5-c4cc(C(C)(C)C)ccn4)cc(-n4c5ccccc5c5ccccc54)c3)[CH-]2)cc(C(C)(C)C)c1.[Pt]. The van der Waals surface area contributed by atoms with Crippen LogP contribution in [0.5, 0.6) is 11.5 Å². The van der Waals surface area contributed by atoms with Crippen LogP contribution in [0.3, 0.4) is 0 Å². The second kappa shape index (κ2) is 15.6. The quantitative estimate of drug-likeness (QED) is 0.156. The molecule has 6 nitrogen and oxygen atoms in total. The third kappa shape index (κ3) is 7.73. The van der Waals surface area contributed by atoms with Gasteiger partial charge in [0.25, 0.3) is 0 Å². The Morgan fingerprint density at radius 3 is 1.65 bits per heavy atom. The zero-order valence-corrected chi connectivity index (χ0v) is 39.7. The molecule has 6 aromatic carbocycles. The van der Waals surface area contributed by atoms with E-state index in [2.05, 4.69) is 234 Å². The summed E-state index contributed by atoms with van der Waals surface area (Å²) < 4.78 is 11.4. The topological polar surface area (TPSA) is 38.5 Å². The van der Waals surface area contributed by atoms with E-state index in [9.17, 15) is 0 Å². The predicted octanol–water partition coefficient (Wildman–Crippen LogP) is 14.5. The summed E-state index contributed by atoms with van der Waals surface area (Å²) in [5, 5.41) is 4.62. The van der Waals surface area contributed by atoms with E-state index in [1.807, 2.05) is 12.3 Å². The van der Waals surface area contributed by atoms with Gasteiger partial charge in [-0.1, -0.05) is 140 Å². The molecule has 0 fully saturated rings. The fourth-order valence-corrected chi connectivity index (χ4v) is 8.61. The zero-order chi connectivity index (χ0) is 43.1. The van der Waals surface area contributed by atoms with Gasteiger partial charge in [-0.3, -0.25) is 0 Å².